The zero-order valence-electron chi connectivity index (χ0n) is 14.6. The fourth-order valence-electron chi connectivity index (χ4n) is 3.82. The third-order valence-corrected chi connectivity index (χ3v) is 5.28. The third kappa shape index (κ3) is 3.25. The molecule has 3 aromatic rings. The summed E-state index contributed by atoms with van der Waals surface area (Å²) in [6.07, 6.45) is 9.80. The van der Waals surface area contributed by atoms with E-state index in [0.717, 1.165) is 12.8 Å². The number of hydrogen-bond donors (Lipinski definition) is 1. The maximum absolute atomic E-state index is 12.6. The molecule has 0 saturated heterocycles. The molecule has 26 heavy (non-hydrogen) atoms. The highest BCUT2D eigenvalue weighted by atomic mass is 16.1. The Balaban J connectivity index is 1.46. The van der Waals surface area contributed by atoms with E-state index in [0.29, 0.717) is 17.9 Å². The van der Waals surface area contributed by atoms with Crippen molar-refractivity contribution in [2.45, 2.75) is 31.1 Å². The van der Waals surface area contributed by atoms with Gasteiger partial charge in [-0.15, -0.1) is 0 Å². The highest BCUT2D eigenvalue weighted by Gasteiger charge is 2.35. The smallest absolute Gasteiger partial charge is 0.252 e. The zero-order chi connectivity index (χ0) is 17.8. The number of hydrogen-bond acceptors (Lipinski definition) is 3. The van der Waals surface area contributed by atoms with Crippen molar-refractivity contribution in [1.82, 2.24) is 20.1 Å². The Morgan fingerprint density at radius 1 is 1.08 bits per heavy atom. The third-order valence-electron chi connectivity index (χ3n) is 5.28. The number of carbonyl (C=O) groups is 1. The minimum atomic E-state index is -0.0771. The van der Waals surface area contributed by atoms with E-state index in [4.69, 9.17) is 0 Å². The van der Waals surface area contributed by atoms with Gasteiger partial charge in [0.05, 0.1) is 5.56 Å². The van der Waals surface area contributed by atoms with Gasteiger partial charge in [0, 0.05) is 30.6 Å². The van der Waals surface area contributed by atoms with E-state index in [-0.39, 0.29) is 11.3 Å². The van der Waals surface area contributed by atoms with Crippen molar-refractivity contribution in [3.05, 3.63) is 78.2 Å². The molecule has 5 heteroatoms. The second-order valence-electron chi connectivity index (χ2n) is 6.89. The fraction of sp³-hybridized carbons (Fsp3) is 0.286. The van der Waals surface area contributed by atoms with Gasteiger partial charge < -0.3 is 5.32 Å². The zero-order valence-corrected chi connectivity index (χ0v) is 14.6. The van der Waals surface area contributed by atoms with Gasteiger partial charge in [0.15, 0.2) is 5.82 Å². The van der Waals surface area contributed by atoms with Crippen LogP contribution in [0, 0.1) is 0 Å². The van der Waals surface area contributed by atoms with Crippen molar-refractivity contribution in [1.29, 1.82) is 0 Å². The normalized spacial score (nSPS) is 15.7. The van der Waals surface area contributed by atoms with Crippen molar-refractivity contribution in [3.8, 4) is 5.82 Å². The van der Waals surface area contributed by atoms with Crippen LogP contribution in [0.25, 0.3) is 5.82 Å². The average molecular weight is 346 g/mol. The standard InChI is InChI=1S/C21H22N4O/c26-20(17-9-10-19(22-15-17)25-14-6-13-24-25)23-16-21(11-4-5-12-21)18-7-2-1-3-8-18/h1-3,6-10,13-15H,4-5,11-12,16H2,(H,23,26). The molecule has 1 fully saturated rings. The first-order valence-corrected chi connectivity index (χ1v) is 9.07. The predicted octanol–water partition coefficient (Wildman–Crippen LogP) is 3.51. The Morgan fingerprint density at radius 3 is 2.54 bits per heavy atom. The molecule has 1 saturated carbocycles. The molecule has 0 unspecified atom stereocenters. The van der Waals surface area contributed by atoms with Crippen LogP contribution in [0.3, 0.4) is 0 Å². The van der Waals surface area contributed by atoms with E-state index in [1.807, 2.05) is 24.4 Å². The topological polar surface area (TPSA) is 59.8 Å². The second kappa shape index (κ2) is 7.12. The summed E-state index contributed by atoms with van der Waals surface area (Å²) in [5, 5.41) is 7.28. The van der Waals surface area contributed by atoms with Crippen LogP contribution in [0.15, 0.2) is 67.1 Å². The number of aromatic nitrogens is 3. The van der Waals surface area contributed by atoms with Gasteiger partial charge in [-0.05, 0) is 36.6 Å². The van der Waals surface area contributed by atoms with Gasteiger partial charge >= 0.3 is 0 Å². The molecule has 0 aliphatic heterocycles. The number of nitrogens with zero attached hydrogens (tertiary/aromatic N) is 3. The van der Waals surface area contributed by atoms with Crippen molar-refractivity contribution in [3.63, 3.8) is 0 Å². The lowest BCUT2D eigenvalue weighted by atomic mass is 9.79. The largest absolute Gasteiger partial charge is 0.351 e. The number of amides is 1. The summed E-state index contributed by atoms with van der Waals surface area (Å²) in [5.74, 6) is 0.620. The SMILES string of the molecule is O=C(NCC1(c2ccccc2)CCCC1)c1ccc(-n2cccn2)nc1. The molecule has 2 heterocycles. The molecule has 132 valence electrons. The maximum atomic E-state index is 12.6. The van der Waals surface area contributed by atoms with Gasteiger partial charge in [-0.1, -0.05) is 43.2 Å². The summed E-state index contributed by atoms with van der Waals surface area (Å²) in [6, 6.07) is 16.0. The molecule has 0 bridgehead atoms. The molecule has 1 aliphatic carbocycles. The highest BCUT2D eigenvalue weighted by Crippen LogP contribution is 2.40. The Morgan fingerprint density at radius 2 is 1.88 bits per heavy atom. The molecule has 1 aliphatic rings. The molecule has 0 atom stereocenters. The average Bonchev–Trinajstić information content (AvgIpc) is 3.40. The highest BCUT2D eigenvalue weighted by molar-refractivity contribution is 5.94. The summed E-state index contributed by atoms with van der Waals surface area (Å²) >= 11 is 0. The monoisotopic (exact) mass is 346 g/mol. The van der Waals surface area contributed by atoms with Gasteiger partial charge in [-0.25, -0.2) is 9.67 Å². The van der Waals surface area contributed by atoms with E-state index in [9.17, 15) is 4.79 Å². The molecular weight excluding hydrogens is 324 g/mol. The van der Waals surface area contributed by atoms with Crippen LogP contribution in [0.4, 0.5) is 0 Å². The lowest BCUT2D eigenvalue weighted by molar-refractivity contribution is 0.0942. The van der Waals surface area contributed by atoms with Crippen LogP contribution in [-0.4, -0.2) is 27.2 Å². The van der Waals surface area contributed by atoms with Gasteiger partial charge in [-0.3, -0.25) is 4.79 Å². The Hall–Kier alpha value is -2.95. The minimum absolute atomic E-state index is 0.0549. The van der Waals surface area contributed by atoms with Gasteiger partial charge in [0.25, 0.3) is 5.91 Å². The molecule has 1 amide bonds. The quantitative estimate of drug-likeness (QED) is 0.769. The van der Waals surface area contributed by atoms with Crippen molar-refractivity contribution in [2.24, 2.45) is 0 Å². The molecule has 4 rings (SSSR count). The summed E-state index contributed by atoms with van der Waals surface area (Å²) in [6.45, 7) is 0.663. The lowest BCUT2D eigenvalue weighted by Gasteiger charge is -2.30. The van der Waals surface area contributed by atoms with E-state index in [1.165, 1.54) is 18.4 Å². The van der Waals surface area contributed by atoms with Crippen molar-refractivity contribution in [2.75, 3.05) is 6.54 Å². The first-order chi connectivity index (χ1) is 12.8. The molecular formula is C21H22N4O. The summed E-state index contributed by atoms with van der Waals surface area (Å²) < 4.78 is 1.67. The van der Waals surface area contributed by atoms with E-state index in [2.05, 4.69) is 39.7 Å². The number of rotatable bonds is 5. The van der Waals surface area contributed by atoms with Gasteiger partial charge in [0.1, 0.15) is 0 Å². The number of pyridine rings is 1. The molecule has 0 spiro atoms. The Kier molecular flexibility index (Phi) is 4.52. The Bertz CT molecular complexity index is 851. The van der Waals surface area contributed by atoms with Crippen LogP contribution in [0.1, 0.15) is 41.6 Å². The number of carbonyl (C=O) groups excluding carboxylic acids is 1. The van der Waals surface area contributed by atoms with Crippen LogP contribution >= 0.6 is 0 Å². The maximum Gasteiger partial charge on any atom is 0.252 e. The lowest BCUT2D eigenvalue weighted by Crippen LogP contribution is -2.39. The molecule has 2 aromatic heterocycles. The second-order valence-corrected chi connectivity index (χ2v) is 6.89. The van der Waals surface area contributed by atoms with Crippen LogP contribution in [-0.2, 0) is 5.41 Å². The molecule has 0 radical (unpaired) electrons. The summed E-state index contributed by atoms with van der Waals surface area (Å²) in [7, 11) is 0. The number of benzene rings is 1. The predicted molar refractivity (Wildman–Crippen MR) is 100 cm³/mol. The molecule has 1 aromatic carbocycles. The van der Waals surface area contributed by atoms with Crippen LogP contribution in [0.2, 0.25) is 0 Å². The first-order valence-electron chi connectivity index (χ1n) is 9.07. The van der Waals surface area contributed by atoms with Gasteiger partial charge in [-0.2, -0.15) is 5.10 Å². The van der Waals surface area contributed by atoms with Crippen molar-refractivity contribution >= 4 is 5.91 Å². The Labute approximate surface area is 153 Å². The first kappa shape index (κ1) is 16.5. The van der Waals surface area contributed by atoms with Gasteiger partial charge in [0.2, 0.25) is 0 Å². The summed E-state index contributed by atoms with van der Waals surface area (Å²) in [5.41, 5.74) is 1.95. The van der Waals surface area contributed by atoms with E-state index < -0.39 is 0 Å². The van der Waals surface area contributed by atoms with E-state index >= 15 is 0 Å². The molecule has 1 N–H and O–H groups in total. The molecule has 5 nitrogen and oxygen atoms in total. The van der Waals surface area contributed by atoms with Crippen molar-refractivity contribution < 1.29 is 4.79 Å². The minimum Gasteiger partial charge on any atom is -0.351 e. The van der Waals surface area contributed by atoms with Crippen LogP contribution in [0.5, 0.6) is 0 Å². The summed E-state index contributed by atoms with van der Waals surface area (Å²) in [4.78, 5) is 16.9. The fourth-order valence-corrected chi connectivity index (χ4v) is 3.82. The number of nitrogens with one attached hydrogen (secondary N) is 1. The van der Waals surface area contributed by atoms with E-state index in [1.54, 1.807) is 23.1 Å². The van der Waals surface area contributed by atoms with Crippen LogP contribution < -0.4 is 5.32 Å².